The minimum atomic E-state index is -0.522. The summed E-state index contributed by atoms with van der Waals surface area (Å²) in [5.74, 6) is -0.0912. The largest absolute Gasteiger partial charge is 0.395 e. The molecular formula is C11H24N2O2. The summed E-state index contributed by atoms with van der Waals surface area (Å²) < 4.78 is 0. The number of nitrogens with zero attached hydrogens (tertiary/aromatic N) is 1. The van der Waals surface area contributed by atoms with Crippen LogP contribution in [-0.2, 0) is 4.79 Å². The maximum atomic E-state index is 12.0. The van der Waals surface area contributed by atoms with Crippen LogP contribution in [0.25, 0.3) is 0 Å². The first kappa shape index (κ1) is 14.4. The van der Waals surface area contributed by atoms with Crippen molar-refractivity contribution in [2.24, 2.45) is 11.1 Å². The van der Waals surface area contributed by atoms with E-state index < -0.39 is 6.04 Å². The molecule has 1 amide bonds. The third-order valence-corrected chi connectivity index (χ3v) is 2.45. The molecule has 0 aliphatic rings. The van der Waals surface area contributed by atoms with Crippen molar-refractivity contribution in [1.82, 2.24) is 4.90 Å². The van der Waals surface area contributed by atoms with Gasteiger partial charge in [-0.2, -0.15) is 0 Å². The monoisotopic (exact) mass is 216 g/mol. The van der Waals surface area contributed by atoms with Gasteiger partial charge in [0.1, 0.15) is 0 Å². The van der Waals surface area contributed by atoms with Crippen molar-refractivity contribution in [1.29, 1.82) is 0 Å². The fourth-order valence-electron chi connectivity index (χ4n) is 1.28. The molecule has 0 rings (SSSR count). The van der Waals surface area contributed by atoms with Crippen molar-refractivity contribution >= 4 is 5.91 Å². The molecule has 0 fully saturated rings. The predicted molar refractivity (Wildman–Crippen MR) is 61.4 cm³/mol. The number of aliphatic hydroxyl groups is 1. The molecule has 0 spiro atoms. The van der Waals surface area contributed by atoms with Crippen LogP contribution >= 0.6 is 0 Å². The van der Waals surface area contributed by atoms with E-state index >= 15 is 0 Å². The molecule has 0 unspecified atom stereocenters. The number of rotatable bonds is 4. The molecule has 4 nitrogen and oxygen atoms in total. The van der Waals surface area contributed by atoms with Gasteiger partial charge in [-0.3, -0.25) is 4.79 Å². The van der Waals surface area contributed by atoms with Crippen LogP contribution in [0, 0.1) is 5.41 Å². The summed E-state index contributed by atoms with van der Waals surface area (Å²) in [4.78, 5) is 13.6. The van der Waals surface area contributed by atoms with Gasteiger partial charge in [-0.25, -0.2) is 0 Å². The number of carbonyl (C=O) groups excluding carboxylic acids is 1. The molecule has 0 aromatic heterocycles. The lowest BCUT2D eigenvalue weighted by molar-refractivity contribution is -0.137. The first-order valence-corrected chi connectivity index (χ1v) is 5.38. The van der Waals surface area contributed by atoms with Crippen molar-refractivity contribution in [3.8, 4) is 0 Å². The molecule has 90 valence electrons. The molecule has 0 aliphatic heterocycles. The SMILES string of the molecule is CC(C)N(CCO)C(=O)[C@H](N)C(C)(C)C. The van der Waals surface area contributed by atoms with Gasteiger partial charge in [-0.1, -0.05) is 20.8 Å². The highest BCUT2D eigenvalue weighted by atomic mass is 16.3. The van der Waals surface area contributed by atoms with Crippen LogP contribution in [0.15, 0.2) is 0 Å². The van der Waals surface area contributed by atoms with Crippen molar-refractivity contribution in [2.45, 2.75) is 46.7 Å². The second-order valence-electron chi connectivity index (χ2n) is 5.19. The zero-order chi connectivity index (χ0) is 12.2. The third kappa shape index (κ3) is 4.18. The van der Waals surface area contributed by atoms with E-state index in [2.05, 4.69) is 0 Å². The van der Waals surface area contributed by atoms with Crippen LogP contribution in [0.5, 0.6) is 0 Å². The molecule has 0 aromatic rings. The molecule has 0 aromatic carbocycles. The second-order valence-corrected chi connectivity index (χ2v) is 5.19. The molecule has 0 saturated carbocycles. The fraction of sp³-hybridized carbons (Fsp3) is 0.909. The van der Waals surface area contributed by atoms with Gasteiger partial charge >= 0.3 is 0 Å². The summed E-state index contributed by atoms with van der Waals surface area (Å²) in [5.41, 5.74) is 5.64. The molecule has 0 bridgehead atoms. The maximum absolute atomic E-state index is 12.0. The van der Waals surface area contributed by atoms with E-state index in [1.54, 1.807) is 4.90 Å². The smallest absolute Gasteiger partial charge is 0.240 e. The Labute approximate surface area is 92.4 Å². The molecule has 15 heavy (non-hydrogen) atoms. The Morgan fingerprint density at radius 1 is 1.40 bits per heavy atom. The summed E-state index contributed by atoms with van der Waals surface area (Å²) in [6.07, 6.45) is 0. The minimum absolute atomic E-state index is 0.0270. The Kier molecular flexibility index (Phi) is 5.24. The van der Waals surface area contributed by atoms with Gasteiger partial charge in [0.15, 0.2) is 0 Å². The lowest BCUT2D eigenvalue weighted by Gasteiger charge is -2.34. The quantitative estimate of drug-likeness (QED) is 0.722. The van der Waals surface area contributed by atoms with E-state index in [-0.39, 0.29) is 24.0 Å². The van der Waals surface area contributed by atoms with E-state index in [9.17, 15) is 4.79 Å². The number of hydrogen-bond donors (Lipinski definition) is 2. The van der Waals surface area contributed by atoms with Crippen molar-refractivity contribution in [3.63, 3.8) is 0 Å². The van der Waals surface area contributed by atoms with Gasteiger partial charge in [-0.05, 0) is 19.3 Å². The van der Waals surface area contributed by atoms with Crippen LogP contribution in [0.1, 0.15) is 34.6 Å². The van der Waals surface area contributed by atoms with Gasteiger partial charge in [0.25, 0.3) is 0 Å². The average Bonchev–Trinajstić information content (AvgIpc) is 2.09. The molecular weight excluding hydrogens is 192 g/mol. The Balaban J connectivity index is 4.64. The van der Waals surface area contributed by atoms with E-state index in [0.717, 1.165) is 0 Å². The van der Waals surface area contributed by atoms with Gasteiger partial charge < -0.3 is 15.7 Å². The number of aliphatic hydroxyl groups excluding tert-OH is 1. The predicted octanol–water partition coefficient (Wildman–Crippen LogP) is 0.589. The van der Waals surface area contributed by atoms with Crippen molar-refractivity contribution in [2.75, 3.05) is 13.2 Å². The van der Waals surface area contributed by atoms with Crippen LogP contribution in [0.4, 0.5) is 0 Å². The van der Waals surface area contributed by atoms with Gasteiger partial charge in [0.05, 0.1) is 12.6 Å². The van der Waals surface area contributed by atoms with Gasteiger partial charge in [-0.15, -0.1) is 0 Å². The van der Waals surface area contributed by atoms with Crippen LogP contribution < -0.4 is 5.73 Å². The van der Waals surface area contributed by atoms with E-state index in [0.29, 0.717) is 6.54 Å². The van der Waals surface area contributed by atoms with Crippen molar-refractivity contribution < 1.29 is 9.90 Å². The first-order chi connectivity index (χ1) is 6.71. The molecule has 4 heteroatoms. The number of nitrogens with two attached hydrogens (primary N) is 1. The molecule has 0 aliphatic carbocycles. The molecule has 3 N–H and O–H groups in total. The Hall–Kier alpha value is -0.610. The van der Waals surface area contributed by atoms with E-state index in [1.807, 2.05) is 34.6 Å². The lowest BCUT2D eigenvalue weighted by atomic mass is 9.86. The molecule has 0 radical (unpaired) electrons. The summed E-state index contributed by atoms with van der Waals surface area (Å²) in [6.45, 7) is 9.97. The molecule has 0 saturated heterocycles. The Morgan fingerprint density at radius 2 is 1.87 bits per heavy atom. The first-order valence-electron chi connectivity index (χ1n) is 5.38. The van der Waals surface area contributed by atoms with Crippen molar-refractivity contribution in [3.05, 3.63) is 0 Å². The lowest BCUT2D eigenvalue weighted by Crippen LogP contribution is -2.53. The van der Waals surface area contributed by atoms with Crippen LogP contribution in [0.2, 0.25) is 0 Å². The summed E-state index contributed by atoms with van der Waals surface area (Å²) in [7, 11) is 0. The number of carbonyl (C=O) groups is 1. The van der Waals surface area contributed by atoms with Crippen LogP contribution in [0.3, 0.4) is 0 Å². The van der Waals surface area contributed by atoms with Gasteiger partial charge in [0.2, 0.25) is 5.91 Å². The van der Waals surface area contributed by atoms with E-state index in [4.69, 9.17) is 10.8 Å². The normalized spacial score (nSPS) is 14.1. The highest BCUT2D eigenvalue weighted by Crippen LogP contribution is 2.19. The molecule has 0 heterocycles. The zero-order valence-electron chi connectivity index (χ0n) is 10.4. The highest BCUT2D eigenvalue weighted by Gasteiger charge is 2.31. The number of hydrogen-bond acceptors (Lipinski definition) is 3. The summed E-state index contributed by atoms with van der Waals surface area (Å²) in [5, 5.41) is 8.88. The zero-order valence-corrected chi connectivity index (χ0v) is 10.4. The maximum Gasteiger partial charge on any atom is 0.240 e. The van der Waals surface area contributed by atoms with Gasteiger partial charge in [0, 0.05) is 12.6 Å². The third-order valence-electron chi connectivity index (χ3n) is 2.45. The average molecular weight is 216 g/mol. The number of amides is 1. The summed E-state index contributed by atoms with van der Waals surface area (Å²) in [6, 6.07) is -0.454. The Bertz CT molecular complexity index is 209. The minimum Gasteiger partial charge on any atom is -0.395 e. The Morgan fingerprint density at radius 3 is 2.13 bits per heavy atom. The highest BCUT2D eigenvalue weighted by molar-refractivity contribution is 5.82. The standard InChI is InChI=1S/C11H24N2O2/c1-8(2)13(6-7-14)10(15)9(12)11(3,4)5/h8-9,14H,6-7,12H2,1-5H3/t9-/m0/s1. The molecule has 1 atom stereocenters. The van der Waals surface area contributed by atoms with E-state index in [1.165, 1.54) is 0 Å². The summed E-state index contributed by atoms with van der Waals surface area (Å²) >= 11 is 0. The topological polar surface area (TPSA) is 66.6 Å². The fourth-order valence-corrected chi connectivity index (χ4v) is 1.28. The second kappa shape index (κ2) is 5.47. The van der Waals surface area contributed by atoms with Crippen LogP contribution in [-0.4, -0.2) is 41.1 Å².